The predicted octanol–water partition coefficient (Wildman–Crippen LogP) is 5.96. The molecule has 0 heterocycles. The molecule has 0 radical (unpaired) electrons. The van der Waals surface area contributed by atoms with Crippen LogP contribution in [0.4, 0.5) is 0 Å². The molecule has 0 nitrogen and oxygen atoms in total. The van der Waals surface area contributed by atoms with Gasteiger partial charge in [-0.3, -0.25) is 0 Å². The fraction of sp³-hybridized carbons (Fsp3) is 0.714. The van der Waals surface area contributed by atoms with E-state index in [1.165, 1.54) is 38.5 Å². The van der Waals surface area contributed by atoms with Crippen LogP contribution < -0.4 is 0 Å². The normalized spacial score (nSPS) is 10.7. The van der Waals surface area contributed by atoms with Crippen molar-refractivity contribution in [3.05, 3.63) is 0 Å². The maximum absolute atomic E-state index is 5.32. The van der Waals surface area contributed by atoms with Crippen LogP contribution in [0.2, 0.25) is 0 Å². The van der Waals surface area contributed by atoms with Crippen LogP contribution in [0.15, 0.2) is 0 Å². The summed E-state index contributed by atoms with van der Waals surface area (Å²) >= 11 is 0. The average Bonchev–Trinajstić information content (AvgIpc) is 2.50. The lowest BCUT2D eigenvalue weighted by molar-refractivity contribution is 0.597. The van der Waals surface area contributed by atoms with E-state index in [9.17, 15) is 0 Å². The van der Waals surface area contributed by atoms with Crippen molar-refractivity contribution in [2.45, 2.75) is 90.9 Å². The van der Waals surface area contributed by atoms with Crippen LogP contribution in [0.3, 0.4) is 0 Å². The van der Waals surface area contributed by atoms with Gasteiger partial charge in [0.1, 0.15) is 0 Å². The van der Waals surface area contributed by atoms with E-state index in [4.69, 9.17) is 6.42 Å². The predicted molar refractivity (Wildman–Crippen MR) is 94.6 cm³/mol. The van der Waals surface area contributed by atoms with Gasteiger partial charge in [0, 0.05) is 31.6 Å². The van der Waals surface area contributed by atoms with Crippen molar-refractivity contribution in [1.82, 2.24) is 0 Å². The highest BCUT2D eigenvalue weighted by Crippen LogP contribution is 2.12. The van der Waals surface area contributed by atoms with Crippen molar-refractivity contribution < 1.29 is 0 Å². The highest BCUT2D eigenvalue weighted by atomic mass is 14.0. The summed E-state index contributed by atoms with van der Waals surface area (Å²) in [4.78, 5) is 0. The van der Waals surface area contributed by atoms with Crippen molar-refractivity contribution in [2.75, 3.05) is 0 Å². The van der Waals surface area contributed by atoms with E-state index in [1.54, 1.807) is 0 Å². The minimum Gasteiger partial charge on any atom is -0.120 e. The van der Waals surface area contributed by atoms with Gasteiger partial charge in [-0.1, -0.05) is 45.5 Å². The lowest BCUT2D eigenvalue weighted by atomic mass is 9.98. The van der Waals surface area contributed by atoms with E-state index in [0.717, 1.165) is 38.5 Å². The third-order valence-corrected chi connectivity index (χ3v) is 3.46. The Labute approximate surface area is 133 Å². The lowest BCUT2D eigenvalue weighted by Gasteiger charge is -2.05. The summed E-state index contributed by atoms with van der Waals surface area (Å²) in [6.07, 6.45) is 18.9. The van der Waals surface area contributed by atoms with Gasteiger partial charge in [0.25, 0.3) is 0 Å². The maximum atomic E-state index is 5.32. The SMILES string of the molecule is C#CCCCC(C#CCCCCC)CC#CCCCCC. The molecule has 0 N–H and O–H groups in total. The Morgan fingerprint density at radius 3 is 2.05 bits per heavy atom. The Bertz CT molecular complexity index is 374. The largest absolute Gasteiger partial charge is 0.120 e. The fourth-order valence-electron chi connectivity index (χ4n) is 2.10. The summed E-state index contributed by atoms with van der Waals surface area (Å²) in [5.74, 6) is 16.5. The van der Waals surface area contributed by atoms with Gasteiger partial charge in [-0.15, -0.1) is 30.1 Å². The Morgan fingerprint density at radius 2 is 1.43 bits per heavy atom. The van der Waals surface area contributed by atoms with E-state index in [0.29, 0.717) is 5.92 Å². The molecule has 0 rings (SSSR count). The quantitative estimate of drug-likeness (QED) is 0.343. The molecule has 0 aliphatic heterocycles. The molecule has 0 bridgehead atoms. The third kappa shape index (κ3) is 14.9. The molecule has 21 heavy (non-hydrogen) atoms. The molecule has 0 spiro atoms. The van der Waals surface area contributed by atoms with Crippen molar-refractivity contribution in [3.8, 4) is 36.0 Å². The van der Waals surface area contributed by atoms with Gasteiger partial charge in [-0.2, -0.15) is 0 Å². The van der Waals surface area contributed by atoms with Crippen LogP contribution in [-0.2, 0) is 0 Å². The van der Waals surface area contributed by atoms with E-state index in [1.807, 2.05) is 0 Å². The third-order valence-electron chi connectivity index (χ3n) is 3.46. The van der Waals surface area contributed by atoms with Crippen LogP contribution in [0.25, 0.3) is 0 Å². The van der Waals surface area contributed by atoms with E-state index >= 15 is 0 Å². The molecule has 0 saturated carbocycles. The lowest BCUT2D eigenvalue weighted by Crippen LogP contribution is -1.96. The molecule has 0 aliphatic carbocycles. The molecular weight excluding hydrogens is 252 g/mol. The van der Waals surface area contributed by atoms with Crippen LogP contribution in [0, 0.1) is 41.9 Å². The maximum Gasteiger partial charge on any atom is 0.0312 e. The number of terminal acetylenes is 1. The Morgan fingerprint density at radius 1 is 0.762 bits per heavy atom. The van der Waals surface area contributed by atoms with Crippen molar-refractivity contribution in [1.29, 1.82) is 0 Å². The zero-order valence-electron chi connectivity index (χ0n) is 14.1. The van der Waals surface area contributed by atoms with Crippen LogP contribution in [0.5, 0.6) is 0 Å². The molecule has 0 aromatic heterocycles. The van der Waals surface area contributed by atoms with Crippen molar-refractivity contribution >= 4 is 0 Å². The molecule has 116 valence electrons. The van der Waals surface area contributed by atoms with E-state index in [2.05, 4.69) is 43.4 Å². The van der Waals surface area contributed by atoms with E-state index in [-0.39, 0.29) is 0 Å². The molecule has 0 heteroatoms. The number of unbranched alkanes of at least 4 members (excludes halogenated alkanes) is 7. The summed E-state index contributed by atoms with van der Waals surface area (Å²) in [7, 11) is 0. The second kappa shape index (κ2) is 16.7. The zero-order chi connectivity index (χ0) is 15.6. The zero-order valence-corrected chi connectivity index (χ0v) is 14.1. The molecule has 1 atom stereocenters. The van der Waals surface area contributed by atoms with Gasteiger partial charge in [0.15, 0.2) is 0 Å². The van der Waals surface area contributed by atoms with E-state index < -0.39 is 0 Å². The van der Waals surface area contributed by atoms with Gasteiger partial charge in [-0.25, -0.2) is 0 Å². The number of hydrogen-bond acceptors (Lipinski definition) is 0. The number of hydrogen-bond donors (Lipinski definition) is 0. The highest BCUT2D eigenvalue weighted by molar-refractivity contribution is 5.09. The van der Waals surface area contributed by atoms with Crippen molar-refractivity contribution in [3.63, 3.8) is 0 Å². The summed E-state index contributed by atoms with van der Waals surface area (Å²) < 4.78 is 0. The molecule has 0 aliphatic rings. The van der Waals surface area contributed by atoms with Gasteiger partial charge in [-0.05, 0) is 25.7 Å². The number of rotatable bonds is 10. The molecule has 0 saturated heterocycles. The molecule has 0 aromatic carbocycles. The smallest absolute Gasteiger partial charge is 0.0312 e. The first kappa shape index (κ1) is 19.7. The van der Waals surface area contributed by atoms with Gasteiger partial charge in [0.2, 0.25) is 0 Å². The molecule has 1 unspecified atom stereocenters. The van der Waals surface area contributed by atoms with Crippen molar-refractivity contribution in [2.24, 2.45) is 5.92 Å². The molecular formula is C21H32. The van der Waals surface area contributed by atoms with Crippen LogP contribution in [0.1, 0.15) is 90.9 Å². The first-order valence-corrected chi connectivity index (χ1v) is 8.72. The molecule has 0 amide bonds. The molecule has 0 aromatic rings. The van der Waals surface area contributed by atoms with Crippen LogP contribution in [-0.4, -0.2) is 0 Å². The minimum atomic E-state index is 0.415. The minimum absolute atomic E-state index is 0.415. The summed E-state index contributed by atoms with van der Waals surface area (Å²) in [5.41, 5.74) is 0. The Hall–Kier alpha value is -1.32. The average molecular weight is 284 g/mol. The fourth-order valence-corrected chi connectivity index (χ4v) is 2.10. The summed E-state index contributed by atoms with van der Waals surface area (Å²) in [5, 5.41) is 0. The standard InChI is InChI=1S/C21H32/c1-4-7-10-12-14-17-20-21(18-15-9-6-3)19-16-13-11-8-5-2/h3,21H,4-5,7-13,15,18,20H2,1-2H3. The second-order valence-corrected chi connectivity index (χ2v) is 5.59. The topological polar surface area (TPSA) is 0 Å². The second-order valence-electron chi connectivity index (χ2n) is 5.59. The van der Waals surface area contributed by atoms with Crippen LogP contribution >= 0.6 is 0 Å². The first-order chi connectivity index (χ1) is 10.3. The van der Waals surface area contributed by atoms with Gasteiger partial charge < -0.3 is 0 Å². The summed E-state index contributed by atoms with van der Waals surface area (Å²) in [6, 6.07) is 0. The Kier molecular flexibility index (Phi) is 15.7. The first-order valence-electron chi connectivity index (χ1n) is 8.72. The highest BCUT2D eigenvalue weighted by Gasteiger charge is 2.02. The van der Waals surface area contributed by atoms with Gasteiger partial charge in [0.05, 0.1) is 0 Å². The molecule has 0 fully saturated rings. The summed E-state index contributed by atoms with van der Waals surface area (Å²) in [6.45, 7) is 4.45. The Balaban J connectivity index is 4.09. The van der Waals surface area contributed by atoms with Gasteiger partial charge >= 0.3 is 0 Å². The monoisotopic (exact) mass is 284 g/mol.